The first-order valence-corrected chi connectivity index (χ1v) is 15.4. The summed E-state index contributed by atoms with van der Waals surface area (Å²) < 4.78 is 13.4. The highest BCUT2D eigenvalue weighted by Gasteiger charge is 2.34. The maximum Gasteiger partial charge on any atom is 0.321 e. The molecule has 41 heavy (non-hydrogen) atoms. The summed E-state index contributed by atoms with van der Waals surface area (Å²) in [5.74, 6) is 0.359. The van der Waals surface area contributed by atoms with Crippen molar-refractivity contribution in [2.75, 3.05) is 44.6 Å². The van der Waals surface area contributed by atoms with E-state index in [1.165, 1.54) is 30.4 Å². The van der Waals surface area contributed by atoms with E-state index in [0.29, 0.717) is 41.3 Å². The summed E-state index contributed by atoms with van der Waals surface area (Å²) in [6.45, 7) is 11.7. The molecule has 0 spiro atoms. The van der Waals surface area contributed by atoms with Crippen molar-refractivity contribution < 1.29 is 18.8 Å². The molecule has 2 aliphatic heterocycles. The Hall–Kier alpha value is -2.89. The molecular formula is C30H43FN6O3S. The summed E-state index contributed by atoms with van der Waals surface area (Å²) in [4.78, 5) is 46.9. The zero-order chi connectivity index (χ0) is 29.5. The number of urea groups is 1. The van der Waals surface area contributed by atoms with Gasteiger partial charge in [-0.25, -0.2) is 14.2 Å². The molecule has 2 aliphatic rings. The average molecular weight is 587 g/mol. The van der Waals surface area contributed by atoms with Crippen LogP contribution in [0, 0.1) is 24.6 Å². The Morgan fingerprint density at radius 2 is 1.85 bits per heavy atom. The van der Waals surface area contributed by atoms with Crippen LogP contribution in [0.3, 0.4) is 0 Å². The van der Waals surface area contributed by atoms with Crippen molar-refractivity contribution in [2.45, 2.75) is 65.5 Å². The Labute approximate surface area is 246 Å². The molecule has 3 heterocycles. The molecular weight excluding hydrogens is 543 g/mol. The lowest BCUT2D eigenvalue weighted by Gasteiger charge is -2.42. The minimum Gasteiger partial charge on any atom is -0.353 e. The zero-order valence-corrected chi connectivity index (χ0v) is 25.4. The van der Waals surface area contributed by atoms with E-state index in [4.69, 9.17) is 0 Å². The minimum absolute atomic E-state index is 0.0145. The van der Waals surface area contributed by atoms with Crippen molar-refractivity contribution >= 4 is 34.2 Å². The number of ketones is 1. The predicted octanol–water partition coefficient (Wildman–Crippen LogP) is 4.08. The third-order valence-corrected chi connectivity index (χ3v) is 9.00. The zero-order valence-electron chi connectivity index (χ0n) is 24.5. The molecule has 0 saturated carbocycles. The van der Waals surface area contributed by atoms with Gasteiger partial charge in [-0.15, -0.1) is 0 Å². The maximum absolute atomic E-state index is 13.4. The van der Waals surface area contributed by atoms with E-state index in [1.807, 2.05) is 26.0 Å². The molecule has 0 aliphatic carbocycles. The van der Waals surface area contributed by atoms with Gasteiger partial charge in [0.05, 0.1) is 17.1 Å². The summed E-state index contributed by atoms with van der Waals surface area (Å²) in [6.07, 6.45) is 3.89. The van der Waals surface area contributed by atoms with Crippen LogP contribution >= 0.6 is 11.3 Å². The monoisotopic (exact) mass is 586 g/mol. The molecule has 224 valence electrons. The Bertz CT molecular complexity index is 1200. The molecule has 2 saturated heterocycles. The number of rotatable bonds is 10. The first kappa shape index (κ1) is 31.1. The second-order valence-corrected chi connectivity index (χ2v) is 12.8. The first-order chi connectivity index (χ1) is 19.5. The summed E-state index contributed by atoms with van der Waals surface area (Å²) in [7, 11) is 0. The van der Waals surface area contributed by atoms with Gasteiger partial charge < -0.3 is 15.5 Å². The number of carbonyl (C=O) groups is 3. The largest absolute Gasteiger partial charge is 0.353 e. The highest BCUT2D eigenvalue weighted by molar-refractivity contribution is 7.17. The summed E-state index contributed by atoms with van der Waals surface area (Å²) in [5.41, 5.74) is 1.77. The number of Topliss-reactive ketones (excluding diaryl/α,β-unsaturated/α-hetero) is 1. The Balaban J connectivity index is 1.40. The molecule has 0 unspecified atom stereocenters. The van der Waals surface area contributed by atoms with Crippen molar-refractivity contribution in [3.05, 3.63) is 46.2 Å². The maximum atomic E-state index is 13.4. The number of carbonyl (C=O) groups excluding carboxylic acids is 3. The number of amides is 3. The normalized spacial score (nSPS) is 22.0. The second-order valence-electron chi connectivity index (χ2n) is 11.8. The van der Waals surface area contributed by atoms with E-state index >= 15 is 0 Å². The quantitative estimate of drug-likeness (QED) is 0.362. The lowest BCUT2D eigenvalue weighted by atomic mass is 9.88. The van der Waals surface area contributed by atoms with Crippen LogP contribution in [-0.4, -0.2) is 83.9 Å². The fraction of sp³-hybridized carbons (Fsp3) is 0.600. The van der Waals surface area contributed by atoms with Gasteiger partial charge in [0.2, 0.25) is 5.91 Å². The number of anilines is 1. The van der Waals surface area contributed by atoms with E-state index < -0.39 is 0 Å². The van der Waals surface area contributed by atoms with Gasteiger partial charge in [-0.1, -0.05) is 23.5 Å². The Kier molecular flexibility index (Phi) is 10.9. The standard InChI is InChI=1S/C30H43FN6O3S/c1-19(2)32-27(39)18-37-13-11-26(34-29(40)35-30-33-20(3)28(41-30)21(4)38)24(17-37)16-36-12-5-6-23(15-36)14-22-7-9-25(31)10-8-22/h7-10,19,23-24,26H,5-6,11-18H2,1-4H3,(H,32,39)(H2,33,34,35,40)/t23-,24+,26+/m0/s1. The molecule has 2 fully saturated rings. The van der Waals surface area contributed by atoms with Crippen molar-refractivity contribution in [3.8, 4) is 0 Å². The van der Waals surface area contributed by atoms with Gasteiger partial charge in [0.25, 0.3) is 0 Å². The van der Waals surface area contributed by atoms with Gasteiger partial charge in [-0.3, -0.25) is 19.8 Å². The Morgan fingerprint density at radius 1 is 1.10 bits per heavy atom. The van der Waals surface area contributed by atoms with Crippen molar-refractivity contribution in [2.24, 2.45) is 11.8 Å². The van der Waals surface area contributed by atoms with Crippen molar-refractivity contribution in [1.29, 1.82) is 0 Å². The molecule has 3 N–H and O–H groups in total. The summed E-state index contributed by atoms with van der Waals surface area (Å²) in [6, 6.07) is 6.49. The Morgan fingerprint density at radius 3 is 2.54 bits per heavy atom. The molecule has 0 bridgehead atoms. The van der Waals surface area contributed by atoms with Crippen LogP contribution < -0.4 is 16.0 Å². The van der Waals surface area contributed by atoms with Crippen LogP contribution in [0.1, 0.15) is 61.0 Å². The van der Waals surface area contributed by atoms with Crippen LogP contribution in [0.15, 0.2) is 24.3 Å². The van der Waals surface area contributed by atoms with Crippen molar-refractivity contribution in [3.63, 3.8) is 0 Å². The van der Waals surface area contributed by atoms with Crippen LogP contribution in [0.5, 0.6) is 0 Å². The third kappa shape index (κ3) is 9.31. The van der Waals surface area contributed by atoms with E-state index in [9.17, 15) is 18.8 Å². The van der Waals surface area contributed by atoms with E-state index in [-0.39, 0.29) is 41.5 Å². The molecule has 2 aromatic rings. The number of likely N-dealkylation sites (tertiary alicyclic amines) is 2. The van der Waals surface area contributed by atoms with Gasteiger partial charge in [0.1, 0.15) is 5.82 Å². The molecule has 11 heteroatoms. The number of aromatic nitrogens is 1. The number of thiazole rings is 1. The fourth-order valence-electron chi connectivity index (χ4n) is 6.04. The number of halogens is 1. The number of piperidine rings is 2. The number of aryl methyl sites for hydroxylation is 1. The smallest absolute Gasteiger partial charge is 0.321 e. The number of benzene rings is 1. The van der Waals surface area contributed by atoms with Crippen LogP contribution in [0.25, 0.3) is 0 Å². The van der Waals surface area contributed by atoms with E-state index in [2.05, 4.69) is 30.7 Å². The van der Waals surface area contributed by atoms with Crippen LogP contribution in [0.2, 0.25) is 0 Å². The molecule has 9 nitrogen and oxygen atoms in total. The topological polar surface area (TPSA) is 107 Å². The second kappa shape index (κ2) is 14.3. The third-order valence-electron chi connectivity index (χ3n) is 7.82. The summed E-state index contributed by atoms with van der Waals surface area (Å²) >= 11 is 1.19. The highest BCUT2D eigenvalue weighted by atomic mass is 32.1. The number of hydrogen-bond acceptors (Lipinski definition) is 7. The van der Waals surface area contributed by atoms with Crippen LogP contribution in [0.4, 0.5) is 14.3 Å². The van der Waals surface area contributed by atoms with Crippen LogP contribution in [-0.2, 0) is 11.2 Å². The minimum atomic E-state index is -0.331. The molecule has 4 rings (SSSR count). The van der Waals surface area contributed by atoms with Gasteiger partial charge >= 0.3 is 6.03 Å². The SMILES string of the molecule is CC(=O)c1sc(NC(=O)N[C@@H]2CCN(CC(=O)NC(C)C)C[C@H]2CN2CCC[C@@H](Cc3ccc(F)cc3)C2)nc1C. The number of hydrogen-bond donors (Lipinski definition) is 3. The number of nitrogens with zero attached hydrogens (tertiary/aromatic N) is 3. The fourth-order valence-corrected chi connectivity index (χ4v) is 6.90. The van der Waals surface area contributed by atoms with Gasteiger partial charge in [0, 0.05) is 51.1 Å². The lowest BCUT2D eigenvalue weighted by molar-refractivity contribution is -0.123. The molecule has 1 aromatic heterocycles. The van der Waals surface area contributed by atoms with E-state index in [0.717, 1.165) is 50.9 Å². The molecule has 3 atom stereocenters. The molecule has 3 amide bonds. The molecule has 1 aromatic carbocycles. The van der Waals surface area contributed by atoms with E-state index in [1.54, 1.807) is 6.92 Å². The first-order valence-electron chi connectivity index (χ1n) is 14.6. The predicted molar refractivity (Wildman–Crippen MR) is 160 cm³/mol. The van der Waals surface area contributed by atoms with Gasteiger partial charge in [-0.2, -0.15) is 0 Å². The number of nitrogens with one attached hydrogen (secondary N) is 3. The molecule has 0 radical (unpaired) electrons. The highest BCUT2D eigenvalue weighted by Crippen LogP contribution is 2.26. The summed E-state index contributed by atoms with van der Waals surface area (Å²) in [5, 5.41) is 9.38. The average Bonchev–Trinajstić information content (AvgIpc) is 3.26. The van der Waals surface area contributed by atoms with Gasteiger partial charge in [0.15, 0.2) is 10.9 Å². The van der Waals surface area contributed by atoms with Crippen molar-refractivity contribution in [1.82, 2.24) is 25.4 Å². The van der Waals surface area contributed by atoms with Gasteiger partial charge in [-0.05, 0) is 76.6 Å². The lowest BCUT2D eigenvalue weighted by Crippen LogP contribution is -2.56.